The Hall–Kier alpha value is -3.81. The molecular weight excluding hydrogens is 502 g/mol. The summed E-state index contributed by atoms with van der Waals surface area (Å²) in [5.41, 5.74) is -0.589. The molecule has 2 heterocycles. The van der Waals surface area contributed by atoms with Crippen LogP contribution in [-0.2, 0) is 25.7 Å². The van der Waals surface area contributed by atoms with Gasteiger partial charge in [0.05, 0.1) is 19.7 Å². The third-order valence-electron chi connectivity index (χ3n) is 8.28. The molecule has 1 spiro atoms. The minimum atomic E-state index is -1.41. The molecule has 2 N–H and O–H groups in total. The zero-order valence-electron chi connectivity index (χ0n) is 22.4. The van der Waals surface area contributed by atoms with Gasteiger partial charge in [-0.2, -0.15) is 5.26 Å². The smallest absolute Gasteiger partial charge is 0.407 e. The number of carbonyl (C=O) groups excluding carboxylic acids is 4. The third-order valence-corrected chi connectivity index (χ3v) is 8.28. The molecule has 0 unspecified atom stereocenters. The number of rotatable bonds is 8. The van der Waals surface area contributed by atoms with Crippen LogP contribution in [0.4, 0.5) is 4.79 Å². The number of nitrogens with zero attached hydrogens (tertiary/aromatic N) is 3. The van der Waals surface area contributed by atoms with E-state index in [1.807, 2.05) is 18.2 Å². The molecule has 2 saturated carbocycles. The average Bonchev–Trinajstić information content (AvgIpc) is 3.88. The van der Waals surface area contributed by atoms with Crippen LogP contribution in [0, 0.1) is 23.2 Å². The Morgan fingerprint density at radius 1 is 1.23 bits per heavy atom. The lowest BCUT2D eigenvalue weighted by Crippen LogP contribution is -2.57. The summed E-state index contributed by atoms with van der Waals surface area (Å²) in [6.07, 6.45) is 4.17. The highest BCUT2D eigenvalue weighted by molar-refractivity contribution is 5.93. The molecule has 4 aliphatic rings. The first-order valence-corrected chi connectivity index (χ1v) is 13.6. The van der Waals surface area contributed by atoms with E-state index in [2.05, 4.69) is 16.7 Å². The lowest BCUT2D eigenvalue weighted by molar-refractivity contribution is -0.147. The second-order valence-electron chi connectivity index (χ2n) is 11.2. The zero-order chi connectivity index (χ0) is 27.7. The quantitative estimate of drug-likeness (QED) is 0.514. The normalized spacial score (nSPS) is 25.3. The Kier molecular flexibility index (Phi) is 7.38. The predicted octanol–water partition coefficient (Wildman–Crippen LogP) is 1.71. The number of hydrogen-bond donors (Lipinski definition) is 2. The summed E-state index contributed by atoms with van der Waals surface area (Å²) < 4.78 is 11.0. The van der Waals surface area contributed by atoms with Crippen molar-refractivity contribution in [1.29, 1.82) is 5.26 Å². The Labute approximate surface area is 227 Å². The fourth-order valence-electron chi connectivity index (χ4n) is 5.59. The highest BCUT2D eigenvalue weighted by Gasteiger charge is 2.55. The molecule has 1 saturated heterocycles. The van der Waals surface area contributed by atoms with Gasteiger partial charge in [-0.3, -0.25) is 14.4 Å². The van der Waals surface area contributed by atoms with Gasteiger partial charge in [-0.25, -0.2) is 4.79 Å². The van der Waals surface area contributed by atoms with Crippen LogP contribution in [0.1, 0.15) is 50.5 Å². The number of likely N-dealkylation sites (N-methyl/N-ethyl adjacent to an activating group) is 1. The summed E-state index contributed by atoms with van der Waals surface area (Å²) in [5, 5.41) is 15.5. The van der Waals surface area contributed by atoms with Gasteiger partial charge in [-0.1, -0.05) is 43.9 Å². The summed E-state index contributed by atoms with van der Waals surface area (Å²) in [4.78, 5) is 55.8. The van der Waals surface area contributed by atoms with Crippen LogP contribution in [-0.4, -0.2) is 78.0 Å². The second kappa shape index (κ2) is 10.8. The van der Waals surface area contributed by atoms with Gasteiger partial charge in [-0.15, -0.1) is 0 Å². The Morgan fingerprint density at radius 2 is 1.92 bits per heavy atom. The van der Waals surface area contributed by atoms with Gasteiger partial charge in [0, 0.05) is 25.6 Å². The van der Waals surface area contributed by atoms with Gasteiger partial charge in [0.1, 0.15) is 23.9 Å². The van der Waals surface area contributed by atoms with E-state index < -0.39 is 35.7 Å². The highest BCUT2D eigenvalue weighted by atomic mass is 16.5. The molecule has 11 nitrogen and oxygen atoms in total. The molecule has 0 bridgehead atoms. The zero-order valence-corrected chi connectivity index (χ0v) is 22.4. The van der Waals surface area contributed by atoms with Gasteiger partial charge >= 0.3 is 6.09 Å². The predicted molar refractivity (Wildman–Crippen MR) is 138 cm³/mol. The topological polar surface area (TPSA) is 141 Å². The highest BCUT2D eigenvalue weighted by Crippen LogP contribution is 2.39. The van der Waals surface area contributed by atoms with E-state index in [0.717, 1.165) is 31.2 Å². The van der Waals surface area contributed by atoms with Crippen molar-refractivity contribution in [3.63, 3.8) is 0 Å². The molecule has 4 atom stereocenters. The number of methoxy groups -OCH3 is 1. The molecular formula is C28H35N5O6. The van der Waals surface area contributed by atoms with Crippen LogP contribution < -0.4 is 15.4 Å². The van der Waals surface area contributed by atoms with Crippen LogP contribution in [0.15, 0.2) is 24.3 Å². The number of alkyl carbamates (subject to hydrolysis) is 1. The number of carbonyl (C=O) groups is 4. The van der Waals surface area contributed by atoms with Gasteiger partial charge < -0.3 is 29.9 Å². The van der Waals surface area contributed by atoms with Crippen molar-refractivity contribution in [3.8, 4) is 11.8 Å². The first-order valence-electron chi connectivity index (χ1n) is 13.6. The summed E-state index contributed by atoms with van der Waals surface area (Å²) in [5.74, 6) is 0.0532. The third kappa shape index (κ3) is 5.65. The summed E-state index contributed by atoms with van der Waals surface area (Å²) in [6.45, 7) is 0.193. The lowest BCUT2D eigenvalue weighted by Gasteiger charge is -2.34. The summed E-state index contributed by atoms with van der Waals surface area (Å²) >= 11 is 0. The van der Waals surface area contributed by atoms with Gasteiger partial charge in [0.2, 0.25) is 17.4 Å². The lowest BCUT2D eigenvalue weighted by atomic mass is 9.99. The molecule has 2 aliphatic carbocycles. The van der Waals surface area contributed by atoms with E-state index in [4.69, 9.17) is 9.47 Å². The molecule has 39 heavy (non-hydrogen) atoms. The van der Waals surface area contributed by atoms with Crippen molar-refractivity contribution in [2.24, 2.45) is 11.8 Å². The van der Waals surface area contributed by atoms with Crippen molar-refractivity contribution < 1.29 is 28.7 Å². The van der Waals surface area contributed by atoms with E-state index in [-0.39, 0.29) is 24.8 Å². The maximum atomic E-state index is 14.1. The van der Waals surface area contributed by atoms with E-state index in [1.54, 1.807) is 13.1 Å². The standard InChI is InChI=1S/C28H35N5O6/c1-32(24(34)21(11-17-7-8-17)31-27(37)38-2)22(12-18-9-10-18)25(35)33-16-28(13-20(33)14-29)26(36)30-15-19-5-3-4-6-23(19)39-28/h3-6,17-18,20-22H,7-13,15-16H2,1-2H3,(H,30,36)(H,31,37)/t20-,21-,22-,28+/m0/s1. The van der Waals surface area contributed by atoms with Crippen LogP contribution >= 0.6 is 0 Å². The van der Waals surface area contributed by atoms with Crippen LogP contribution in [0.5, 0.6) is 5.75 Å². The second-order valence-corrected chi connectivity index (χ2v) is 11.2. The number of likely N-dealkylation sites (tertiary alicyclic amines) is 1. The average molecular weight is 538 g/mol. The molecule has 2 aliphatic heterocycles. The number of nitriles is 1. The van der Waals surface area contributed by atoms with Crippen molar-refractivity contribution in [2.45, 2.75) is 75.2 Å². The van der Waals surface area contributed by atoms with Crippen molar-refractivity contribution in [2.75, 3.05) is 20.7 Å². The molecule has 0 radical (unpaired) electrons. The SMILES string of the molecule is COC(=O)N[C@@H](CC1CC1)C(=O)N(C)[C@@H](CC1CC1)C(=O)N1C[C@@]2(C[C@H]1C#N)Oc1ccccc1CNC2=O. The number of hydrogen-bond acceptors (Lipinski definition) is 7. The first kappa shape index (κ1) is 26.8. The van der Waals surface area contributed by atoms with Gasteiger partial charge in [-0.05, 0) is 30.7 Å². The van der Waals surface area contributed by atoms with E-state index >= 15 is 0 Å². The molecule has 11 heteroatoms. The number of benzene rings is 1. The van der Waals surface area contributed by atoms with E-state index in [1.165, 1.54) is 16.9 Å². The fourth-order valence-corrected chi connectivity index (χ4v) is 5.59. The molecule has 0 aromatic heterocycles. The summed E-state index contributed by atoms with van der Waals surface area (Å²) in [7, 11) is 2.82. The van der Waals surface area contributed by atoms with Crippen LogP contribution in [0.3, 0.4) is 0 Å². The van der Waals surface area contributed by atoms with Crippen molar-refractivity contribution in [3.05, 3.63) is 29.8 Å². The minimum Gasteiger partial charge on any atom is -0.475 e. The Morgan fingerprint density at radius 3 is 2.59 bits per heavy atom. The molecule has 208 valence electrons. The number of ether oxygens (including phenoxy) is 2. The largest absolute Gasteiger partial charge is 0.475 e. The van der Waals surface area contributed by atoms with Crippen molar-refractivity contribution >= 4 is 23.8 Å². The molecule has 4 amide bonds. The Balaban J connectivity index is 1.39. The van der Waals surface area contributed by atoms with Gasteiger partial charge in [0.15, 0.2) is 0 Å². The fraction of sp³-hybridized carbons (Fsp3) is 0.607. The molecule has 1 aromatic carbocycles. The number of nitrogens with one attached hydrogen (secondary N) is 2. The number of para-hydroxylation sites is 1. The summed E-state index contributed by atoms with van der Waals surface area (Å²) in [6, 6.07) is 6.95. The first-order chi connectivity index (χ1) is 18.7. The number of amides is 4. The number of fused-ring (bicyclic) bond motifs is 1. The minimum absolute atomic E-state index is 0.0252. The van der Waals surface area contributed by atoms with Crippen molar-refractivity contribution in [1.82, 2.24) is 20.4 Å². The molecule has 5 rings (SSSR count). The van der Waals surface area contributed by atoms with Crippen LogP contribution in [0.2, 0.25) is 0 Å². The van der Waals surface area contributed by atoms with E-state index in [9.17, 15) is 24.4 Å². The molecule has 3 fully saturated rings. The molecule has 1 aromatic rings. The Bertz CT molecular complexity index is 1190. The maximum absolute atomic E-state index is 14.1. The van der Waals surface area contributed by atoms with Crippen LogP contribution in [0.25, 0.3) is 0 Å². The van der Waals surface area contributed by atoms with E-state index in [0.29, 0.717) is 37.0 Å². The maximum Gasteiger partial charge on any atom is 0.407 e. The van der Waals surface area contributed by atoms with Gasteiger partial charge in [0.25, 0.3) is 5.91 Å². The monoisotopic (exact) mass is 537 g/mol.